The van der Waals surface area contributed by atoms with Crippen LogP contribution in [-0.4, -0.2) is 59.6 Å². The summed E-state index contributed by atoms with van der Waals surface area (Å²) in [7, 11) is 1.80. The zero-order valence-corrected chi connectivity index (χ0v) is 16.6. The van der Waals surface area contributed by atoms with Gasteiger partial charge < -0.3 is 36.4 Å². The number of nitrogens with two attached hydrogens (primary N) is 1. The minimum Gasteiger partial charge on any atom is -0.338 e. The second-order valence-electron chi connectivity index (χ2n) is 6.82. The van der Waals surface area contributed by atoms with Crippen molar-refractivity contribution in [2.75, 3.05) is 13.6 Å². The monoisotopic (exact) mass is 432 g/mol. The van der Waals surface area contributed by atoms with Gasteiger partial charge in [-0.25, -0.2) is 4.98 Å². The Kier molecular flexibility index (Phi) is 5.99. The van der Waals surface area contributed by atoms with Crippen LogP contribution in [0.4, 0.5) is 0 Å². The molecule has 1 aromatic heterocycles. The molecule has 158 valence electrons. The van der Waals surface area contributed by atoms with E-state index in [0.29, 0.717) is 28.1 Å². The van der Waals surface area contributed by atoms with Crippen LogP contribution in [-0.2, 0) is 11.9 Å². The molecule has 0 radical (unpaired) electrons. The van der Waals surface area contributed by atoms with Crippen LogP contribution in [0.3, 0.4) is 0 Å². The third kappa shape index (κ3) is 4.68. The summed E-state index contributed by atoms with van der Waals surface area (Å²) in [6.07, 6.45) is 0. The van der Waals surface area contributed by atoms with Gasteiger partial charge in [-0.1, -0.05) is 23.9 Å². The van der Waals surface area contributed by atoms with Crippen molar-refractivity contribution in [3.63, 3.8) is 0 Å². The van der Waals surface area contributed by atoms with E-state index in [1.807, 2.05) is 4.90 Å². The zero-order chi connectivity index (χ0) is 22.3. The van der Waals surface area contributed by atoms with Gasteiger partial charge in [0.15, 0.2) is 0 Å². The molecule has 1 aromatic carbocycles. The number of thioether (sulfide) groups is 1. The van der Waals surface area contributed by atoms with Crippen LogP contribution in [0.15, 0.2) is 36.4 Å². The number of pyridine rings is 1. The van der Waals surface area contributed by atoms with Crippen molar-refractivity contribution >= 4 is 22.2 Å². The lowest BCUT2D eigenvalue weighted by Gasteiger charge is -2.33. The van der Waals surface area contributed by atoms with Crippen molar-refractivity contribution in [1.82, 2.24) is 9.88 Å². The van der Waals surface area contributed by atoms with Gasteiger partial charge in [0.25, 0.3) is 0 Å². The van der Waals surface area contributed by atoms with Crippen LogP contribution in [0.2, 0.25) is 0 Å². The van der Waals surface area contributed by atoms with Gasteiger partial charge in [-0.15, -0.1) is 0 Å². The summed E-state index contributed by atoms with van der Waals surface area (Å²) in [5, 5.41) is 66.6. The number of hydrogen-bond acceptors (Lipinski definition) is 11. The summed E-state index contributed by atoms with van der Waals surface area (Å²) in [6, 6.07) is 11.1. The smallest absolute Gasteiger partial charge is 0.322 e. The van der Waals surface area contributed by atoms with E-state index >= 15 is 0 Å². The average molecular weight is 432 g/mol. The molecule has 1 aliphatic rings. The first-order valence-electron chi connectivity index (χ1n) is 8.64. The third-order valence-electron chi connectivity index (χ3n) is 4.47. The number of nitriles is 1. The fraction of sp³-hybridized carbons (Fsp3) is 0.263. The minimum atomic E-state index is -3.39. The molecule has 2 heterocycles. The highest BCUT2D eigenvalue weighted by Crippen LogP contribution is 2.42. The Morgan fingerprint density at radius 3 is 2.20 bits per heavy atom. The van der Waals surface area contributed by atoms with Gasteiger partial charge in [-0.3, -0.25) is 4.90 Å². The lowest BCUT2D eigenvalue weighted by Crippen LogP contribution is -2.40. The molecule has 0 saturated carbocycles. The first-order chi connectivity index (χ1) is 13.9. The van der Waals surface area contributed by atoms with Crippen LogP contribution in [0.25, 0.3) is 10.5 Å². The van der Waals surface area contributed by atoms with Crippen LogP contribution < -0.4 is 5.73 Å². The van der Waals surface area contributed by atoms with Crippen LogP contribution in [0.1, 0.15) is 28.1 Å². The van der Waals surface area contributed by atoms with Gasteiger partial charge in [0.05, 0.1) is 11.6 Å². The number of rotatable bonds is 4. The van der Waals surface area contributed by atoms with Gasteiger partial charge in [0.2, 0.25) is 0 Å². The molecule has 1 unspecified atom stereocenters. The maximum absolute atomic E-state index is 9.56. The lowest BCUT2D eigenvalue weighted by atomic mass is 9.99. The molecular formula is C19H20N4O6S. The van der Waals surface area contributed by atoms with Gasteiger partial charge >= 0.3 is 11.9 Å². The van der Waals surface area contributed by atoms with E-state index < -0.39 is 28.8 Å². The van der Waals surface area contributed by atoms with Crippen LogP contribution >= 0.6 is 11.8 Å². The summed E-state index contributed by atoms with van der Waals surface area (Å²) in [4.78, 5) is 5.86. The summed E-state index contributed by atoms with van der Waals surface area (Å²) >= 11 is 1.19. The van der Waals surface area contributed by atoms with E-state index in [2.05, 4.69) is 11.1 Å². The van der Waals surface area contributed by atoms with E-state index in [1.54, 1.807) is 31.3 Å². The van der Waals surface area contributed by atoms with Crippen molar-refractivity contribution in [3.8, 4) is 6.07 Å². The number of aliphatic hydroxyl groups is 6. The van der Waals surface area contributed by atoms with Crippen molar-refractivity contribution in [3.05, 3.63) is 64.5 Å². The second-order valence-corrected chi connectivity index (χ2v) is 7.95. The SMILES string of the molecule is CN1CC(c2cccc(C#N)c2)=C(c2cc(C(O)(O)O)nc(C(O)(O)O)c2)SC1N. The molecule has 30 heavy (non-hydrogen) atoms. The first kappa shape index (κ1) is 22.3. The van der Waals surface area contributed by atoms with Crippen LogP contribution in [0, 0.1) is 11.3 Å². The minimum absolute atomic E-state index is 0.198. The van der Waals surface area contributed by atoms with Crippen molar-refractivity contribution < 1.29 is 30.6 Å². The van der Waals surface area contributed by atoms with E-state index in [-0.39, 0.29) is 5.56 Å². The van der Waals surface area contributed by atoms with E-state index in [0.717, 1.165) is 12.1 Å². The van der Waals surface area contributed by atoms with E-state index in [9.17, 15) is 35.9 Å². The summed E-state index contributed by atoms with van der Waals surface area (Å²) < 4.78 is 0. The first-order valence-corrected chi connectivity index (χ1v) is 9.52. The molecule has 0 fully saturated rings. The van der Waals surface area contributed by atoms with Crippen molar-refractivity contribution in [1.29, 1.82) is 5.26 Å². The quantitative estimate of drug-likeness (QED) is 0.291. The van der Waals surface area contributed by atoms with E-state index in [1.165, 1.54) is 11.8 Å². The molecule has 1 atom stereocenters. The molecule has 8 N–H and O–H groups in total. The number of benzene rings is 1. The van der Waals surface area contributed by atoms with Gasteiger partial charge in [-0.05, 0) is 48.0 Å². The highest BCUT2D eigenvalue weighted by molar-refractivity contribution is 8.09. The fourth-order valence-electron chi connectivity index (χ4n) is 2.94. The Balaban J connectivity index is 2.29. The molecule has 1 aliphatic heterocycles. The lowest BCUT2D eigenvalue weighted by molar-refractivity contribution is -0.332. The third-order valence-corrected chi connectivity index (χ3v) is 5.79. The zero-order valence-electron chi connectivity index (χ0n) is 15.8. The Morgan fingerprint density at radius 1 is 1.07 bits per heavy atom. The Hall–Kier alpha value is -2.37. The molecule has 11 heteroatoms. The maximum atomic E-state index is 9.56. The molecule has 0 amide bonds. The molecule has 10 nitrogen and oxygen atoms in total. The van der Waals surface area contributed by atoms with Gasteiger partial charge in [0.1, 0.15) is 16.9 Å². The highest BCUT2D eigenvalue weighted by Gasteiger charge is 2.33. The standard InChI is InChI=1S/C19H20N4O6S/c1-23-9-13(11-4-2-3-10(5-11)8-20)16(30-17(23)21)12-6-14(18(24,25)26)22-15(7-12)19(27,28)29/h2-7,17,24-29H,9,21H2,1H3. The fourth-order valence-corrected chi connectivity index (χ4v) is 4.01. The largest absolute Gasteiger partial charge is 0.338 e. The normalized spacial score (nSPS) is 18.4. The summed E-state index contributed by atoms with van der Waals surface area (Å²) in [5.41, 5.74) is 6.21. The average Bonchev–Trinajstić information content (AvgIpc) is 2.68. The van der Waals surface area contributed by atoms with Gasteiger partial charge in [-0.2, -0.15) is 5.26 Å². The second kappa shape index (κ2) is 8.05. The van der Waals surface area contributed by atoms with Crippen molar-refractivity contribution in [2.24, 2.45) is 5.73 Å². The molecule has 3 rings (SSSR count). The number of hydrogen-bond donors (Lipinski definition) is 7. The number of nitrogens with zero attached hydrogens (tertiary/aromatic N) is 3. The maximum Gasteiger partial charge on any atom is 0.322 e. The van der Waals surface area contributed by atoms with Crippen molar-refractivity contribution in [2.45, 2.75) is 17.4 Å². The summed E-state index contributed by atoms with van der Waals surface area (Å²) in [6.45, 7) is 0.358. The summed E-state index contributed by atoms with van der Waals surface area (Å²) in [5.74, 6) is -6.79. The molecule has 0 saturated heterocycles. The number of aromatic nitrogens is 1. The molecule has 0 spiro atoms. The predicted octanol–water partition coefficient (Wildman–Crippen LogP) is -1.08. The molecule has 0 bridgehead atoms. The van der Waals surface area contributed by atoms with Crippen LogP contribution in [0.5, 0.6) is 0 Å². The van der Waals surface area contributed by atoms with E-state index in [4.69, 9.17) is 5.73 Å². The number of likely N-dealkylation sites (N-methyl/N-ethyl adjacent to an activating group) is 1. The topological polar surface area (TPSA) is 187 Å². The predicted molar refractivity (Wildman–Crippen MR) is 107 cm³/mol. The highest BCUT2D eigenvalue weighted by atomic mass is 32.2. The molecule has 2 aromatic rings. The Labute approximate surface area is 175 Å². The Morgan fingerprint density at radius 2 is 1.67 bits per heavy atom. The molecule has 0 aliphatic carbocycles. The molecular weight excluding hydrogens is 412 g/mol. The van der Waals surface area contributed by atoms with Gasteiger partial charge in [0, 0.05) is 11.4 Å². The Bertz CT molecular complexity index is 1010.